The molecule has 0 saturated carbocycles. The smallest absolute Gasteiger partial charge is 0.410 e. The Morgan fingerprint density at radius 2 is 1.83 bits per heavy atom. The van der Waals surface area contributed by atoms with Gasteiger partial charge >= 0.3 is 6.09 Å². The summed E-state index contributed by atoms with van der Waals surface area (Å²) in [6.45, 7) is 8.17. The maximum absolute atomic E-state index is 12.5. The van der Waals surface area contributed by atoms with Crippen LogP contribution in [0.5, 0.6) is 5.75 Å². The lowest BCUT2D eigenvalue weighted by molar-refractivity contribution is -0.125. The predicted octanol–water partition coefficient (Wildman–Crippen LogP) is 5.81. The van der Waals surface area contributed by atoms with Crippen LogP contribution >= 0.6 is 0 Å². The SMILES string of the molecule is CC(C)(C)OC(=O)N1CCC(COc2ccc(C3=CCC(C(=O)NCc4ccco4)CC3)cc2)CC1. The van der Waals surface area contributed by atoms with Gasteiger partial charge < -0.3 is 24.1 Å². The first-order valence-electron chi connectivity index (χ1n) is 13.0. The van der Waals surface area contributed by atoms with Crippen LogP contribution in [0, 0.1) is 11.8 Å². The molecule has 7 nitrogen and oxygen atoms in total. The van der Waals surface area contributed by atoms with Crippen LogP contribution in [0.25, 0.3) is 5.57 Å². The van der Waals surface area contributed by atoms with Crippen LogP contribution in [0.3, 0.4) is 0 Å². The topological polar surface area (TPSA) is 81.0 Å². The largest absolute Gasteiger partial charge is 0.493 e. The molecule has 7 heteroatoms. The molecule has 4 rings (SSSR count). The predicted molar refractivity (Wildman–Crippen MR) is 138 cm³/mol. The molecule has 1 aliphatic heterocycles. The lowest BCUT2D eigenvalue weighted by Crippen LogP contribution is -2.42. The number of hydrogen-bond acceptors (Lipinski definition) is 5. The van der Waals surface area contributed by atoms with Crippen molar-refractivity contribution in [1.82, 2.24) is 10.2 Å². The molecular weight excluding hydrogens is 456 g/mol. The number of ether oxygens (including phenoxy) is 2. The highest BCUT2D eigenvalue weighted by atomic mass is 16.6. The number of allylic oxidation sites excluding steroid dienone is 2. The maximum atomic E-state index is 12.5. The van der Waals surface area contributed by atoms with E-state index in [1.165, 1.54) is 11.1 Å². The van der Waals surface area contributed by atoms with E-state index < -0.39 is 5.60 Å². The average Bonchev–Trinajstić information content (AvgIpc) is 3.40. The van der Waals surface area contributed by atoms with Crippen LogP contribution in [-0.2, 0) is 16.1 Å². The zero-order valence-electron chi connectivity index (χ0n) is 21.6. The lowest BCUT2D eigenvalue weighted by Gasteiger charge is -2.33. The van der Waals surface area contributed by atoms with Crippen molar-refractivity contribution in [2.24, 2.45) is 11.8 Å². The summed E-state index contributed by atoms with van der Waals surface area (Å²) in [5.74, 6) is 2.15. The van der Waals surface area contributed by atoms with Gasteiger partial charge in [0.1, 0.15) is 17.1 Å². The molecule has 1 unspecified atom stereocenters. The van der Waals surface area contributed by atoms with E-state index in [0.717, 1.165) is 43.6 Å². The highest BCUT2D eigenvalue weighted by Crippen LogP contribution is 2.31. The lowest BCUT2D eigenvalue weighted by atomic mass is 9.86. The average molecular weight is 495 g/mol. The number of benzene rings is 1. The Labute approximate surface area is 213 Å². The van der Waals surface area contributed by atoms with Crippen molar-refractivity contribution in [3.05, 3.63) is 60.1 Å². The Kier molecular flexibility index (Phi) is 8.39. The zero-order chi connectivity index (χ0) is 25.5. The van der Waals surface area contributed by atoms with E-state index in [-0.39, 0.29) is 17.9 Å². The van der Waals surface area contributed by atoms with Gasteiger partial charge in [-0.25, -0.2) is 4.79 Å². The third kappa shape index (κ3) is 7.39. The Bertz CT molecular complexity index is 1030. The normalized spacial score (nSPS) is 18.9. The molecule has 1 aromatic carbocycles. The minimum atomic E-state index is -0.464. The summed E-state index contributed by atoms with van der Waals surface area (Å²) in [5.41, 5.74) is 2.00. The van der Waals surface area contributed by atoms with Crippen molar-refractivity contribution in [1.29, 1.82) is 0 Å². The number of piperidine rings is 1. The maximum Gasteiger partial charge on any atom is 0.410 e. The summed E-state index contributed by atoms with van der Waals surface area (Å²) >= 11 is 0. The van der Waals surface area contributed by atoms with Crippen molar-refractivity contribution in [2.75, 3.05) is 19.7 Å². The fraction of sp³-hybridized carbons (Fsp3) is 0.517. The van der Waals surface area contributed by atoms with Gasteiger partial charge in [-0.15, -0.1) is 0 Å². The van der Waals surface area contributed by atoms with Crippen molar-refractivity contribution < 1.29 is 23.5 Å². The van der Waals surface area contributed by atoms with Crippen LogP contribution in [0.15, 0.2) is 53.2 Å². The Hall–Kier alpha value is -3.22. The molecule has 194 valence electrons. The van der Waals surface area contributed by atoms with Crippen LogP contribution in [0.1, 0.15) is 64.2 Å². The zero-order valence-corrected chi connectivity index (χ0v) is 21.6. The Balaban J connectivity index is 1.18. The van der Waals surface area contributed by atoms with Crippen molar-refractivity contribution in [3.8, 4) is 5.75 Å². The quantitative estimate of drug-likeness (QED) is 0.526. The molecule has 36 heavy (non-hydrogen) atoms. The van der Waals surface area contributed by atoms with Crippen molar-refractivity contribution >= 4 is 17.6 Å². The second kappa shape index (κ2) is 11.7. The third-order valence-corrected chi connectivity index (χ3v) is 6.78. The van der Waals surface area contributed by atoms with E-state index >= 15 is 0 Å². The molecule has 1 aromatic heterocycles. The van der Waals surface area contributed by atoms with Gasteiger partial charge in [-0.3, -0.25) is 4.79 Å². The first kappa shape index (κ1) is 25.9. The number of rotatable bonds is 7. The Morgan fingerprint density at radius 1 is 1.08 bits per heavy atom. The summed E-state index contributed by atoms with van der Waals surface area (Å²) < 4.78 is 16.8. The van der Waals surface area contributed by atoms with Crippen LogP contribution in [0.4, 0.5) is 4.79 Å². The van der Waals surface area contributed by atoms with Crippen LogP contribution in [0.2, 0.25) is 0 Å². The summed E-state index contributed by atoms with van der Waals surface area (Å²) in [7, 11) is 0. The molecular formula is C29H38N2O5. The van der Waals surface area contributed by atoms with Gasteiger partial charge in [-0.1, -0.05) is 18.2 Å². The number of amides is 2. The van der Waals surface area contributed by atoms with Gasteiger partial charge in [0.05, 0.1) is 19.4 Å². The van der Waals surface area contributed by atoms with E-state index in [1.54, 1.807) is 11.2 Å². The molecule has 2 amide bonds. The Morgan fingerprint density at radius 3 is 2.44 bits per heavy atom. The van der Waals surface area contributed by atoms with Gasteiger partial charge in [0, 0.05) is 19.0 Å². The number of furan rings is 1. The van der Waals surface area contributed by atoms with Gasteiger partial charge in [-0.05, 0) is 94.2 Å². The van der Waals surface area contributed by atoms with E-state index in [0.29, 0.717) is 32.2 Å². The van der Waals surface area contributed by atoms with E-state index in [9.17, 15) is 9.59 Å². The highest BCUT2D eigenvalue weighted by molar-refractivity contribution is 5.80. The summed E-state index contributed by atoms with van der Waals surface area (Å²) in [6.07, 6.45) is 7.89. The number of carbonyl (C=O) groups excluding carboxylic acids is 2. The molecule has 2 aromatic rings. The molecule has 1 atom stereocenters. The molecule has 1 aliphatic carbocycles. The fourth-order valence-corrected chi connectivity index (χ4v) is 4.65. The second-order valence-electron chi connectivity index (χ2n) is 10.7. The number of carbonyl (C=O) groups is 2. The number of nitrogens with zero attached hydrogens (tertiary/aromatic N) is 1. The van der Waals surface area contributed by atoms with Gasteiger partial charge in [-0.2, -0.15) is 0 Å². The molecule has 1 N–H and O–H groups in total. The van der Waals surface area contributed by atoms with Gasteiger partial charge in [0.2, 0.25) is 5.91 Å². The van der Waals surface area contributed by atoms with Gasteiger partial charge in [0.15, 0.2) is 0 Å². The molecule has 0 spiro atoms. The molecule has 1 fully saturated rings. The van der Waals surface area contributed by atoms with Gasteiger partial charge in [0.25, 0.3) is 0 Å². The van der Waals surface area contributed by atoms with Crippen LogP contribution in [-0.4, -0.2) is 42.2 Å². The molecule has 2 aliphatic rings. The number of nitrogens with one attached hydrogen (secondary N) is 1. The fourth-order valence-electron chi connectivity index (χ4n) is 4.65. The minimum absolute atomic E-state index is 0.00746. The molecule has 0 radical (unpaired) electrons. The molecule has 1 saturated heterocycles. The minimum Gasteiger partial charge on any atom is -0.493 e. The van der Waals surface area contributed by atoms with Crippen LogP contribution < -0.4 is 10.1 Å². The second-order valence-corrected chi connectivity index (χ2v) is 10.7. The monoisotopic (exact) mass is 494 g/mol. The summed E-state index contributed by atoms with van der Waals surface area (Å²) in [4.78, 5) is 26.5. The summed E-state index contributed by atoms with van der Waals surface area (Å²) in [5, 5.41) is 2.97. The molecule has 2 heterocycles. The highest BCUT2D eigenvalue weighted by Gasteiger charge is 2.27. The van der Waals surface area contributed by atoms with E-state index in [4.69, 9.17) is 13.9 Å². The van der Waals surface area contributed by atoms with Crippen molar-refractivity contribution in [3.63, 3.8) is 0 Å². The van der Waals surface area contributed by atoms with E-state index in [1.807, 2.05) is 45.0 Å². The third-order valence-electron chi connectivity index (χ3n) is 6.78. The standard InChI is InChI=1S/C29H38N2O5/c1-29(2,3)36-28(33)31-16-14-21(15-17-31)20-35-25-12-10-23(11-13-25)22-6-8-24(9-7-22)27(32)30-19-26-5-4-18-34-26/h4-6,10-13,18,21,24H,7-9,14-17,19-20H2,1-3H3,(H,30,32). The first-order chi connectivity index (χ1) is 17.3. The summed E-state index contributed by atoms with van der Waals surface area (Å²) in [6, 6.07) is 11.9. The van der Waals surface area contributed by atoms with E-state index in [2.05, 4.69) is 23.5 Å². The van der Waals surface area contributed by atoms with Crippen molar-refractivity contribution in [2.45, 2.75) is 65.0 Å². The molecule has 0 bridgehead atoms. The number of hydrogen-bond donors (Lipinski definition) is 1. The first-order valence-corrected chi connectivity index (χ1v) is 13.0. The number of likely N-dealkylation sites (tertiary alicyclic amines) is 1.